The molecular formula is C10H7NO2. The van der Waals surface area contributed by atoms with Crippen LogP contribution in [0, 0.1) is 5.21 Å². The van der Waals surface area contributed by atoms with Crippen molar-refractivity contribution in [3.63, 3.8) is 0 Å². The Hall–Kier alpha value is -1.67. The van der Waals surface area contributed by atoms with Gasteiger partial charge in [0.1, 0.15) is 5.69 Å². The van der Waals surface area contributed by atoms with Crippen LogP contribution < -0.4 is 5.06 Å². The van der Waals surface area contributed by atoms with Crippen LogP contribution in [-0.2, 0) is 4.79 Å². The third kappa shape index (κ3) is 1.21. The highest BCUT2D eigenvalue weighted by Gasteiger charge is 2.15. The SMILES string of the molecule is O=C=C1C=Cc2ccccc2[NH+]1[O-]. The minimum Gasteiger partial charge on any atom is -0.623 e. The van der Waals surface area contributed by atoms with E-state index in [1.807, 2.05) is 12.1 Å². The van der Waals surface area contributed by atoms with Gasteiger partial charge in [-0.15, -0.1) is 0 Å². The fourth-order valence-corrected chi connectivity index (χ4v) is 1.32. The molecule has 0 amide bonds. The predicted octanol–water partition coefficient (Wildman–Crippen LogP) is 0.443. The summed E-state index contributed by atoms with van der Waals surface area (Å²) < 4.78 is 0. The summed E-state index contributed by atoms with van der Waals surface area (Å²) in [5.74, 6) is 1.62. The monoisotopic (exact) mass is 173 g/mol. The van der Waals surface area contributed by atoms with Crippen molar-refractivity contribution in [1.82, 2.24) is 0 Å². The number of hydrogen-bond donors (Lipinski definition) is 1. The van der Waals surface area contributed by atoms with Crippen molar-refractivity contribution in [1.29, 1.82) is 0 Å². The Bertz CT molecular complexity index is 417. The molecule has 0 radical (unpaired) electrons. The molecule has 1 aromatic rings. The average Bonchev–Trinajstić information content (AvgIpc) is 2.19. The minimum absolute atomic E-state index is 0.0960. The van der Waals surface area contributed by atoms with Crippen molar-refractivity contribution in [2.75, 3.05) is 0 Å². The van der Waals surface area contributed by atoms with Gasteiger partial charge < -0.3 is 5.21 Å². The summed E-state index contributed by atoms with van der Waals surface area (Å²) in [4.78, 5) is 10.3. The maximum absolute atomic E-state index is 11.5. The van der Waals surface area contributed by atoms with Crippen LogP contribution in [0.1, 0.15) is 5.56 Å². The van der Waals surface area contributed by atoms with E-state index in [2.05, 4.69) is 0 Å². The molecule has 1 heterocycles. The molecule has 3 nitrogen and oxygen atoms in total. The molecule has 3 heteroatoms. The number of hydroxylamine groups is 1. The number of allylic oxidation sites excluding steroid dienone is 1. The molecule has 1 N–H and O–H groups in total. The van der Waals surface area contributed by atoms with Crippen LogP contribution in [0.2, 0.25) is 0 Å². The second-order valence-electron chi connectivity index (χ2n) is 2.77. The first-order chi connectivity index (χ1) is 6.33. The van der Waals surface area contributed by atoms with Gasteiger partial charge in [0.2, 0.25) is 5.70 Å². The third-order valence-corrected chi connectivity index (χ3v) is 1.99. The summed E-state index contributed by atoms with van der Waals surface area (Å²) in [6.07, 6.45) is 3.24. The second kappa shape index (κ2) is 2.99. The normalized spacial score (nSPS) is 19.5. The molecule has 0 bridgehead atoms. The lowest BCUT2D eigenvalue weighted by atomic mass is 10.1. The van der Waals surface area contributed by atoms with E-state index in [-0.39, 0.29) is 10.8 Å². The molecular weight excluding hydrogens is 166 g/mol. The van der Waals surface area contributed by atoms with Crippen molar-refractivity contribution in [2.24, 2.45) is 0 Å². The summed E-state index contributed by atoms with van der Waals surface area (Å²) in [6, 6.07) is 7.17. The molecule has 2 rings (SSSR count). The van der Waals surface area contributed by atoms with Crippen molar-refractivity contribution in [3.8, 4) is 0 Å². The van der Waals surface area contributed by atoms with Gasteiger partial charge in [-0.25, -0.2) is 4.79 Å². The minimum atomic E-state index is -0.242. The van der Waals surface area contributed by atoms with Crippen LogP contribution >= 0.6 is 0 Å². The van der Waals surface area contributed by atoms with Gasteiger partial charge >= 0.3 is 0 Å². The van der Waals surface area contributed by atoms with Gasteiger partial charge in [0.25, 0.3) is 0 Å². The molecule has 1 atom stereocenters. The van der Waals surface area contributed by atoms with Gasteiger partial charge in [-0.1, -0.05) is 12.1 Å². The molecule has 1 aliphatic rings. The van der Waals surface area contributed by atoms with E-state index in [4.69, 9.17) is 0 Å². The number of fused-ring (bicyclic) bond motifs is 1. The van der Waals surface area contributed by atoms with Crippen LogP contribution in [0.15, 0.2) is 36.0 Å². The Morgan fingerprint density at radius 3 is 2.77 bits per heavy atom. The summed E-state index contributed by atoms with van der Waals surface area (Å²) in [5.41, 5.74) is 1.52. The fourth-order valence-electron chi connectivity index (χ4n) is 1.32. The molecule has 1 aliphatic heterocycles. The lowest BCUT2D eigenvalue weighted by Gasteiger charge is -2.24. The molecule has 0 fully saturated rings. The molecule has 64 valence electrons. The number of para-hydroxylation sites is 1. The molecule has 1 aromatic carbocycles. The summed E-state index contributed by atoms with van der Waals surface area (Å²) in [6.45, 7) is 0. The fraction of sp³-hybridized carbons (Fsp3) is 0. The predicted molar refractivity (Wildman–Crippen MR) is 48.7 cm³/mol. The highest BCUT2D eigenvalue weighted by molar-refractivity contribution is 5.69. The summed E-state index contributed by atoms with van der Waals surface area (Å²) in [5, 5.41) is 11.3. The lowest BCUT2D eigenvalue weighted by molar-refractivity contribution is -0.726. The Morgan fingerprint density at radius 1 is 1.23 bits per heavy atom. The third-order valence-electron chi connectivity index (χ3n) is 1.99. The van der Waals surface area contributed by atoms with Crippen LogP contribution in [0.5, 0.6) is 0 Å². The second-order valence-corrected chi connectivity index (χ2v) is 2.77. The highest BCUT2D eigenvalue weighted by Crippen LogP contribution is 2.16. The number of hydrogen-bond acceptors (Lipinski definition) is 2. The van der Waals surface area contributed by atoms with Crippen LogP contribution in [0.25, 0.3) is 6.08 Å². The zero-order chi connectivity index (χ0) is 9.26. The Kier molecular flexibility index (Phi) is 1.83. The van der Waals surface area contributed by atoms with Gasteiger partial charge in [0.05, 0.1) is 0 Å². The molecule has 0 aliphatic carbocycles. The Labute approximate surface area is 75.2 Å². The highest BCUT2D eigenvalue weighted by atomic mass is 16.5. The van der Waals surface area contributed by atoms with Gasteiger partial charge in [-0.05, 0) is 12.1 Å². The number of rotatable bonds is 0. The average molecular weight is 173 g/mol. The first-order valence-electron chi connectivity index (χ1n) is 3.90. The molecule has 0 spiro atoms. The zero-order valence-electron chi connectivity index (χ0n) is 6.78. The van der Waals surface area contributed by atoms with Crippen molar-refractivity contribution in [3.05, 3.63) is 46.8 Å². The molecule has 13 heavy (non-hydrogen) atoms. The summed E-state index contributed by atoms with van der Waals surface area (Å²) in [7, 11) is 0. The van der Waals surface area contributed by atoms with E-state index < -0.39 is 0 Å². The van der Waals surface area contributed by atoms with Crippen LogP contribution in [-0.4, -0.2) is 5.94 Å². The van der Waals surface area contributed by atoms with Crippen molar-refractivity contribution in [2.45, 2.75) is 0 Å². The van der Waals surface area contributed by atoms with E-state index in [0.29, 0.717) is 5.69 Å². The quantitative estimate of drug-likeness (QED) is 0.457. The smallest absolute Gasteiger partial charge is 0.220 e. The molecule has 0 aromatic heterocycles. The van der Waals surface area contributed by atoms with Gasteiger partial charge in [0, 0.05) is 17.7 Å². The van der Waals surface area contributed by atoms with Crippen molar-refractivity contribution < 1.29 is 9.86 Å². The van der Waals surface area contributed by atoms with Crippen LogP contribution in [0.3, 0.4) is 0 Å². The number of benzene rings is 1. The van der Waals surface area contributed by atoms with E-state index >= 15 is 0 Å². The number of carbonyl (C=O) groups excluding carboxylic acids is 1. The standard InChI is InChI=1S/C10H7NO2/c12-7-9-6-5-8-3-1-2-4-10(8)11(9)13/h1-6,11H. The number of nitrogens with one attached hydrogen (secondary N) is 1. The van der Waals surface area contributed by atoms with Crippen LogP contribution in [0.4, 0.5) is 5.69 Å². The molecule has 1 unspecified atom stereocenters. The largest absolute Gasteiger partial charge is 0.623 e. The summed E-state index contributed by atoms with van der Waals surface area (Å²) >= 11 is 0. The Balaban J connectivity index is 2.61. The molecule has 0 saturated heterocycles. The molecule has 0 saturated carbocycles. The van der Waals surface area contributed by atoms with E-state index in [9.17, 15) is 10.0 Å². The van der Waals surface area contributed by atoms with E-state index in [1.54, 1.807) is 24.2 Å². The number of quaternary nitrogens is 1. The first kappa shape index (κ1) is 7.95. The topological polar surface area (TPSA) is 44.6 Å². The maximum Gasteiger partial charge on any atom is 0.220 e. The van der Waals surface area contributed by atoms with E-state index in [0.717, 1.165) is 5.56 Å². The Morgan fingerprint density at radius 2 is 2.00 bits per heavy atom. The van der Waals surface area contributed by atoms with E-state index in [1.165, 1.54) is 6.08 Å². The van der Waals surface area contributed by atoms with Crippen molar-refractivity contribution >= 4 is 17.7 Å². The van der Waals surface area contributed by atoms with Gasteiger partial charge in [-0.2, -0.15) is 0 Å². The zero-order valence-corrected chi connectivity index (χ0v) is 6.78. The van der Waals surface area contributed by atoms with Gasteiger partial charge in [0.15, 0.2) is 5.94 Å². The lowest BCUT2D eigenvalue weighted by Crippen LogP contribution is -3.00. The maximum atomic E-state index is 11.5. The van der Waals surface area contributed by atoms with Gasteiger partial charge in [-0.3, -0.25) is 5.06 Å². The first-order valence-corrected chi connectivity index (χ1v) is 3.90.